The van der Waals surface area contributed by atoms with Crippen molar-refractivity contribution in [1.29, 1.82) is 0 Å². The number of fused-ring (bicyclic) bond motifs is 1. The standard InChI is InChI=1S/C21H17Cl2N3O/c22-11-4-12-25-14-24-20-19(21(25)27)18(15-7-9-16(23)10-8-15)13-26(20)17-5-2-1-3-6-17/h1-3,5-10,13-14H,4,11-12H2. The number of hydrogen-bond acceptors (Lipinski definition) is 2. The predicted octanol–water partition coefficient (Wildman–Crippen LogP) is 5.14. The van der Waals surface area contributed by atoms with Crippen molar-refractivity contribution in [2.45, 2.75) is 13.0 Å². The normalized spacial score (nSPS) is 11.2. The van der Waals surface area contributed by atoms with Crippen molar-refractivity contribution in [1.82, 2.24) is 14.1 Å². The van der Waals surface area contributed by atoms with Gasteiger partial charge in [0.2, 0.25) is 0 Å². The molecule has 0 atom stereocenters. The quantitative estimate of drug-likeness (QED) is 0.437. The van der Waals surface area contributed by atoms with E-state index in [4.69, 9.17) is 23.2 Å². The molecule has 0 fully saturated rings. The maximum atomic E-state index is 13.2. The number of benzene rings is 2. The molecule has 4 nitrogen and oxygen atoms in total. The molecule has 0 bridgehead atoms. The molecule has 0 aliphatic heterocycles. The van der Waals surface area contributed by atoms with Crippen molar-refractivity contribution < 1.29 is 0 Å². The number of aromatic nitrogens is 3. The average Bonchev–Trinajstić information content (AvgIpc) is 3.09. The van der Waals surface area contributed by atoms with Gasteiger partial charge < -0.3 is 4.57 Å². The lowest BCUT2D eigenvalue weighted by Gasteiger charge is -2.06. The molecule has 2 aromatic heterocycles. The molecule has 0 aliphatic rings. The Labute approximate surface area is 166 Å². The van der Waals surface area contributed by atoms with Crippen molar-refractivity contribution in [3.8, 4) is 16.8 Å². The summed E-state index contributed by atoms with van der Waals surface area (Å²) in [5.41, 5.74) is 3.28. The average molecular weight is 398 g/mol. The molecule has 27 heavy (non-hydrogen) atoms. The Morgan fingerprint density at radius 2 is 1.74 bits per heavy atom. The fourth-order valence-electron chi connectivity index (χ4n) is 3.18. The molecule has 2 heterocycles. The Morgan fingerprint density at radius 3 is 2.44 bits per heavy atom. The van der Waals surface area contributed by atoms with Crippen LogP contribution in [0.25, 0.3) is 27.8 Å². The van der Waals surface area contributed by atoms with E-state index in [2.05, 4.69) is 4.98 Å². The van der Waals surface area contributed by atoms with E-state index in [9.17, 15) is 4.79 Å². The lowest BCUT2D eigenvalue weighted by molar-refractivity contribution is 0.650. The highest BCUT2D eigenvalue weighted by Gasteiger charge is 2.17. The summed E-state index contributed by atoms with van der Waals surface area (Å²) < 4.78 is 3.58. The third-order valence-electron chi connectivity index (χ3n) is 4.50. The van der Waals surface area contributed by atoms with E-state index < -0.39 is 0 Å². The summed E-state index contributed by atoms with van der Waals surface area (Å²) in [5.74, 6) is 0.500. The summed E-state index contributed by atoms with van der Waals surface area (Å²) in [4.78, 5) is 17.8. The lowest BCUT2D eigenvalue weighted by atomic mass is 10.1. The first kappa shape index (κ1) is 17.8. The molecular formula is C21H17Cl2N3O. The number of nitrogens with zero attached hydrogens (tertiary/aromatic N) is 3. The van der Waals surface area contributed by atoms with Crippen LogP contribution in [0.2, 0.25) is 5.02 Å². The van der Waals surface area contributed by atoms with Crippen LogP contribution in [0.5, 0.6) is 0 Å². The zero-order valence-electron chi connectivity index (χ0n) is 14.5. The van der Waals surface area contributed by atoms with Gasteiger partial charge in [-0.1, -0.05) is 41.9 Å². The number of para-hydroxylation sites is 1. The van der Waals surface area contributed by atoms with Gasteiger partial charge in [-0.05, 0) is 36.2 Å². The summed E-state index contributed by atoms with van der Waals surface area (Å²) in [6.07, 6.45) is 4.27. The minimum atomic E-state index is -0.0650. The molecule has 136 valence electrons. The number of alkyl halides is 1. The van der Waals surface area contributed by atoms with Crippen molar-refractivity contribution in [3.63, 3.8) is 0 Å². The Hall–Kier alpha value is -2.56. The maximum absolute atomic E-state index is 13.2. The number of hydrogen-bond donors (Lipinski definition) is 0. The second kappa shape index (κ2) is 7.59. The molecule has 4 rings (SSSR count). The zero-order chi connectivity index (χ0) is 18.8. The van der Waals surface area contributed by atoms with Gasteiger partial charge in [-0.25, -0.2) is 4.98 Å². The molecule has 0 saturated carbocycles. The molecule has 2 aromatic carbocycles. The topological polar surface area (TPSA) is 39.8 Å². The Balaban J connectivity index is 2.00. The summed E-state index contributed by atoms with van der Waals surface area (Å²) in [6, 6.07) is 17.4. The van der Waals surface area contributed by atoms with Gasteiger partial charge in [0.25, 0.3) is 5.56 Å². The second-order valence-electron chi connectivity index (χ2n) is 6.24. The molecule has 0 spiro atoms. The van der Waals surface area contributed by atoms with Crippen LogP contribution in [0.4, 0.5) is 0 Å². The summed E-state index contributed by atoms with van der Waals surface area (Å²) >= 11 is 11.8. The molecule has 0 aliphatic carbocycles. The van der Waals surface area contributed by atoms with Gasteiger partial charge in [0, 0.05) is 34.9 Å². The van der Waals surface area contributed by atoms with Gasteiger partial charge in [-0.3, -0.25) is 9.36 Å². The molecule has 0 N–H and O–H groups in total. The van der Waals surface area contributed by atoms with E-state index in [0.29, 0.717) is 34.9 Å². The molecule has 0 saturated heterocycles. The molecule has 0 amide bonds. The van der Waals surface area contributed by atoms with Gasteiger partial charge in [0.15, 0.2) is 5.65 Å². The minimum Gasteiger partial charge on any atom is -0.300 e. The van der Waals surface area contributed by atoms with Crippen LogP contribution in [0, 0.1) is 0 Å². The first-order chi connectivity index (χ1) is 13.2. The Morgan fingerprint density at radius 1 is 1.00 bits per heavy atom. The fourth-order valence-corrected chi connectivity index (χ4v) is 3.42. The van der Waals surface area contributed by atoms with Gasteiger partial charge in [0.05, 0.1) is 11.7 Å². The van der Waals surface area contributed by atoms with Crippen LogP contribution < -0.4 is 5.56 Å². The molecule has 0 unspecified atom stereocenters. The predicted molar refractivity (Wildman–Crippen MR) is 111 cm³/mol. The van der Waals surface area contributed by atoms with Crippen LogP contribution >= 0.6 is 23.2 Å². The first-order valence-corrected chi connectivity index (χ1v) is 9.58. The highest BCUT2D eigenvalue weighted by molar-refractivity contribution is 6.30. The van der Waals surface area contributed by atoms with Crippen molar-refractivity contribution in [2.75, 3.05) is 5.88 Å². The fraction of sp³-hybridized carbons (Fsp3) is 0.143. The van der Waals surface area contributed by atoms with Gasteiger partial charge >= 0.3 is 0 Å². The van der Waals surface area contributed by atoms with E-state index in [1.165, 1.54) is 0 Å². The van der Waals surface area contributed by atoms with Crippen LogP contribution in [0.1, 0.15) is 6.42 Å². The third kappa shape index (κ3) is 3.38. The zero-order valence-corrected chi connectivity index (χ0v) is 16.0. The third-order valence-corrected chi connectivity index (χ3v) is 5.01. The highest BCUT2D eigenvalue weighted by Crippen LogP contribution is 2.30. The van der Waals surface area contributed by atoms with Gasteiger partial charge in [-0.15, -0.1) is 11.6 Å². The van der Waals surface area contributed by atoms with E-state index >= 15 is 0 Å². The molecular weight excluding hydrogens is 381 g/mol. The smallest absolute Gasteiger partial charge is 0.263 e. The van der Waals surface area contributed by atoms with E-state index in [-0.39, 0.29) is 5.56 Å². The number of halogens is 2. The van der Waals surface area contributed by atoms with Crippen LogP contribution in [0.15, 0.2) is 71.9 Å². The van der Waals surface area contributed by atoms with E-state index in [1.807, 2.05) is 65.4 Å². The first-order valence-electron chi connectivity index (χ1n) is 8.67. The molecule has 0 radical (unpaired) electrons. The maximum Gasteiger partial charge on any atom is 0.263 e. The summed E-state index contributed by atoms with van der Waals surface area (Å²) in [7, 11) is 0. The lowest BCUT2D eigenvalue weighted by Crippen LogP contribution is -2.21. The van der Waals surface area contributed by atoms with Crippen molar-refractivity contribution >= 4 is 34.2 Å². The van der Waals surface area contributed by atoms with Crippen LogP contribution in [-0.2, 0) is 6.54 Å². The highest BCUT2D eigenvalue weighted by atomic mass is 35.5. The van der Waals surface area contributed by atoms with Gasteiger partial charge in [-0.2, -0.15) is 0 Å². The molecule has 6 heteroatoms. The largest absolute Gasteiger partial charge is 0.300 e. The molecule has 4 aromatic rings. The van der Waals surface area contributed by atoms with Gasteiger partial charge in [0.1, 0.15) is 0 Å². The second-order valence-corrected chi connectivity index (χ2v) is 7.05. The van der Waals surface area contributed by atoms with Crippen LogP contribution in [0.3, 0.4) is 0 Å². The number of aryl methyl sites for hydroxylation is 1. The van der Waals surface area contributed by atoms with Crippen molar-refractivity contribution in [2.24, 2.45) is 0 Å². The Bertz CT molecular complexity index is 1130. The summed E-state index contributed by atoms with van der Waals surface area (Å²) in [5, 5.41) is 1.25. The minimum absolute atomic E-state index is 0.0650. The summed E-state index contributed by atoms with van der Waals surface area (Å²) in [6.45, 7) is 0.544. The van der Waals surface area contributed by atoms with Crippen molar-refractivity contribution in [3.05, 3.63) is 82.5 Å². The Kier molecular flexibility index (Phi) is 5.01. The van der Waals surface area contributed by atoms with E-state index in [0.717, 1.165) is 16.8 Å². The van der Waals surface area contributed by atoms with E-state index in [1.54, 1.807) is 10.9 Å². The monoisotopic (exact) mass is 397 g/mol. The SMILES string of the molecule is O=c1c2c(-c3ccc(Cl)cc3)cn(-c3ccccc3)c2ncn1CCCCl. The number of rotatable bonds is 5. The van der Waals surface area contributed by atoms with Crippen LogP contribution in [-0.4, -0.2) is 20.0 Å².